The largest absolute Gasteiger partial charge is 0.389 e. The van der Waals surface area contributed by atoms with Gasteiger partial charge >= 0.3 is 0 Å². The quantitative estimate of drug-likeness (QED) is 0.725. The van der Waals surface area contributed by atoms with Gasteiger partial charge in [0.15, 0.2) is 5.65 Å². The molecule has 2 heterocycles. The number of rotatable bonds is 4. The molecule has 0 unspecified atom stereocenters. The van der Waals surface area contributed by atoms with Crippen LogP contribution in [0.3, 0.4) is 0 Å². The summed E-state index contributed by atoms with van der Waals surface area (Å²) in [6.07, 6.45) is 0. The fourth-order valence-corrected chi connectivity index (χ4v) is 2.32. The van der Waals surface area contributed by atoms with E-state index in [2.05, 4.69) is 15.4 Å². The van der Waals surface area contributed by atoms with Crippen molar-refractivity contribution in [1.29, 1.82) is 0 Å². The maximum atomic E-state index is 9.86. The summed E-state index contributed by atoms with van der Waals surface area (Å²) in [5.41, 5.74) is 1.65. The van der Waals surface area contributed by atoms with Crippen LogP contribution < -0.4 is 5.32 Å². The number of halogens is 1. The minimum Gasteiger partial charge on any atom is -0.389 e. The van der Waals surface area contributed by atoms with Gasteiger partial charge in [0.1, 0.15) is 11.0 Å². The number of fused-ring (bicyclic) bond motifs is 1. The molecule has 1 aromatic carbocycles. The van der Waals surface area contributed by atoms with Crippen LogP contribution in [0.2, 0.25) is 5.15 Å². The molecule has 0 spiro atoms. The first-order chi connectivity index (χ1) is 10.4. The first-order valence-electron chi connectivity index (χ1n) is 7.00. The molecule has 5 nitrogen and oxygen atoms in total. The maximum absolute atomic E-state index is 9.86. The Hall–Kier alpha value is -2.11. The molecular weight excluding hydrogens is 300 g/mol. The minimum absolute atomic E-state index is 0.378. The fraction of sp³-hybridized carbons (Fsp3) is 0.250. The van der Waals surface area contributed by atoms with E-state index in [0.717, 1.165) is 11.3 Å². The lowest BCUT2D eigenvalue weighted by Crippen LogP contribution is -2.30. The van der Waals surface area contributed by atoms with Crippen LogP contribution in [0.4, 0.5) is 5.82 Å². The van der Waals surface area contributed by atoms with Gasteiger partial charge in [-0.1, -0.05) is 41.9 Å². The van der Waals surface area contributed by atoms with Crippen molar-refractivity contribution in [3.63, 3.8) is 0 Å². The first-order valence-corrected chi connectivity index (χ1v) is 7.38. The van der Waals surface area contributed by atoms with E-state index in [1.807, 2.05) is 36.4 Å². The smallest absolute Gasteiger partial charge is 0.159 e. The molecule has 0 bridgehead atoms. The van der Waals surface area contributed by atoms with Crippen LogP contribution in [0.25, 0.3) is 16.9 Å². The Bertz CT molecular complexity index is 793. The Morgan fingerprint density at radius 1 is 1.23 bits per heavy atom. The van der Waals surface area contributed by atoms with E-state index in [4.69, 9.17) is 11.6 Å². The molecule has 0 aliphatic heterocycles. The number of benzene rings is 1. The van der Waals surface area contributed by atoms with E-state index in [-0.39, 0.29) is 0 Å². The molecule has 0 saturated heterocycles. The number of anilines is 1. The van der Waals surface area contributed by atoms with Gasteiger partial charge in [-0.25, -0.2) is 4.98 Å². The summed E-state index contributed by atoms with van der Waals surface area (Å²) in [5.74, 6) is 0.694. The number of nitrogens with zero attached hydrogens (tertiary/aromatic N) is 3. The van der Waals surface area contributed by atoms with Crippen molar-refractivity contribution >= 4 is 23.1 Å². The van der Waals surface area contributed by atoms with Gasteiger partial charge in [-0.15, -0.1) is 0 Å². The molecule has 22 heavy (non-hydrogen) atoms. The van der Waals surface area contributed by atoms with Crippen molar-refractivity contribution in [3.05, 3.63) is 47.6 Å². The summed E-state index contributed by atoms with van der Waals surface area (Å²) < 4.78 is 1.69. The fourth-order valence-electron chi connectivity index (χ4n) is 2.13. The first kappa shape index (κ1) is 14.8. The Balaban J connectivity index is 2.03. The van der Waals surface area contributed by atoms with E-state index >= 15 is 0 Å². The second-order valence-corrected chi connectivity index (χ2v) is 6.18. The van der Waals surface area contributed by atoms with E-state index in [1.165, 1.54) is 0 Å². The van der Waals surface area contributed by atoms with E-state index in [1.54, 1.807) is 24.4 Å². The highest BCUT2D eigenvalue weighted by molar-refractivity contribution is 6.29. The average Bonchev–Trinajstić information content (AvgIpc) is 2.88. The highest BCUT2D eigenvalue weighted by atomic mass is 35.5. The molecule has 114 valence electrons. The Kier molecular flexibility index (Phi) is 3.76. The number of aromatic nitrogens is 3. The van der Waals surface area contributed by atoms with Gasteiger partial charge in [0.25, 0.3) is 0 Å². The Morgan fingerprint density at radius 3 is 2.64 bits per heavy atom. The molecule has 0 amide bonds. The molecule has 0 aliphatic carbocycles. The number of nitrogens with one attached hydrogen (secondary N) is 1. The molecule has 2 N–H and O–H groups in total. The van der Waals surface area contributed by atoms with E-state index in [0.29, 0.717) is 23.2 Å². The molecule has 0 atom stereocenters. The van der Waals surface area contributed by atoms with Crippen molar-refractivity contribution in [2.24, 2.45) is 0 Å². The molecule has 3 rings (SSSR count). The van der Waals surface area contributed by atoms with Crippen LogP contribution in [0.1, 0.15) is 13.8 Å². The Labute approximate surface area is 133 Å². The third kappa shape index (κ3) is 3.21. The summed E-state index contributed by atoms with van der Waals surface area (Å²) in [6, 6.07) is 13.5. The van der Waals surface area contributed by atoms with Crippen molar-refractivity contribution in [3.8, 4) is 11.3 Å². The van der Waals surface area contributed by atoms with Crippen LogP contribution in [0.5, 0.6) is 0 Å². The summed E-state index contributed by atoms with van der Waals surface area (Å²) in [7, 11) is 0. The average molecular weight is 317 g/mol. The standard InChI is InChI=1S/C16H17ClN4O/c1-16(2,22)10-18-14-9-13(17)19-15-8-12(20-21(14)15)11-6-4-3-5-7-11/h3-9,18,22H,10H2,1-2H3. The molecular formula is C16H17ClN4O. The molecule has 3 aromatic rings. The number of aliphatic hydroxyl groups is 1. The van der Waals surface area contributed by atoms with Crippen LogP contribution in [0.15, 0.2) is 42.5 Å². The van der Waals surface area contributed by atoms with E-state index < -0.39 is 5.60 Å². The summed E-state index contributed by atoms with van der Waals surface area (Å²) in [4.78, 5) is 4.29. The zero-order chi connectivity index (χ0) is 15.7. The van der Waals surface area contributed by atoms with E-state index in [9.17, 15) is 5.11 Å². The minimum atomic E-state index is -0.836. The van der Waals surface area contributed by atoms with Gasteiger partial charge in [-0.3, -0.25) is 0 Å². The van der Waals surface area contributed by atoms with Crippen LogP contribution in [-0.4, -0.2) is 31.9 Å². The molecule has 0 fully saturated rings. The highest BCUT2D eigenvalue weighted by Crippen LogP contribution is 2.23. The monoisotopic (exact) mass is 316 g/mol. The van der Waals surface area contributed by atoms with Crippen molar-refractivity contribution in [1.82, 2.24) is 14.6 Å². The normalized spacial score (nSPS) is 11.8. The van der Waals surface area contributed by atoms with Gasteiger partial charge in [0.05, 0.1) is 11.3 Å². The third-order valence-corrected chi connectivity index (χ3v) is 3.36. The van der Waals surface area contributed by atoms with Crippen LogP contribution in [0, 0.1) is 0 Å². The second kappa shape index (κ2) is 5.59. The summed E-state index contributed by atoms with van der Waals surface area (Å²) in [6.45, 7) is 3.85. The number of hydrogen-bond donors (Lipinski definition) is 2. The molecule has 0 radical (unpaired) electrons. The molecule has 0 saturated carbocycles. The van der Waals surface area contributed by atoms with Crippen molar-refractivity contribution in [2.45, 2.75) is 19.4 Å². The predicted octanol–water partition coefficient (Wildman–Crippen LogP) is 3.23. The lowest BCUT2D eigenvalue weighted by atomic mass is 10.1. The lowest BCUT2D eigenvalue weighted by molar-refractivity contribution is 0.0944. The highest BCUT2D eigenvalue weighted by Gasteiger charge is 2.15. The van der Waals surface area contributed by atoms with Crippen molar-refractivity contribution < 1.29 is 5.11 Å². The third-order valence-electron chi connectivity index (χ3n) is 3.17. The van der Waals surface area contributed by atoms with Gasteiger partial charge in [-0.05, 0) is 13.8 Å². The lowest BCUT2D eigenvalue weighted by Gasteiger charge is -2.18. The molecule has 2 aromatic heterocycles. The van der Waals surface area contributed by atoms with Crippen LogP contribution >= 0.6 is 11.6 Å². The van der Waals surface area contributed by atoms with Crippen LogP contribution in [-0.2, 0) is 0 Å². The number of hydrogen-bond acceptors (Lipinski definition) is 4. The zero-order valence-corrected chi connectivity index (χ0v) is 13.2. The topological polar surface area (TPSA) is 62.5 Å². The zero-order valence-electron chi connectivity index (χ0n) is 12.4. The van der Waals surface area contributed by atoms with Gasteiger partial charge in [0, 0.05) is 24.2 Å². The second-order valence-electron chi connectivity index (χ2n) is 5.80. The van der Waals surface area contributed by atoms with Gasteiger partial charge in [0.2, 0.25) is 0 Å². The molecule has 6 heteroatoms. The summed E-state index contributed by atoms with van der Waals surface area (Å²) >= 11 is 6.07. The van der Waals surface area contributed by atoms with Crippen molar-refractivity contribution in [2.75, 3.05) is 11.9 Å². The Morgan fingerprint density at radius 2 is 1.95 bits per heavy atom. The SMILES string of the molecule is CC(C)(O)CNc1cc(Cl)nc2cc(-c3ccccc3)nn12. The van der Waals surface area contributed by atoms with Gasteiger partial charge in [-0.2, -0.15) is 9.61 Å². The van der Waals surface area contributed by atoms with Gasteiger partial charge < -0.3 is 10.4 Å². The summed E-state index contributed by atoms with van der Waals surface area (Å²) in [5, 5.41) is 18.0. The maximum Gasteiger partial charge on any atom is 0.159 e. The predicted molar refractivity (Wildman–Crippen MR) is 88.2 cm³/mol. The molecule has 0 aliphatic rings.